The number of unbranched alkanes of at least 4 members (excludes halogenated alkanes) is 1. The number of rotatable bonds is 12. The van der Waals surface area contributed by atoms with Crippen LogP contribution in [0.2, 0.25) is 0 Å². The number of carbonyl (C=O) groups is 3. The summed E-state index contributed by atoms with van der Waals surface area (Å²) in [6.07, 6.45) is 6.23. The molecule has 4 N–H and O–H groups in total. The average molecular weight is 640 g/mol. The lowest BCUT2D eigenvalue weighted by Crippen LogP contribution is -2.43. The van der Waals surface area contributed by atoms with Gasteiger partial charge in [0, 0.05) is 86.7 Å². The van der Waals surface area contributed by atoms with Crippen molar-refractivity contribution in [2.45, 2.75) is 39.2 Å². The number of amides is 1. The van der Waals surface area contributed by atoms with Gasteiger partial charge >= 0.3 is 11.9 Å². The number of benzene rings is 2. The standard InChI is InChI=1S/C29H31N7O.C6H10O4/c1-21-5-10-25(18-27(21)34-29-31-13-11-26(33-29)24-4-3-12-30-19-24)32-28(37)23-8-6-22(7-9-23)20-36-16-14-35(2)15-17-36;7-5(8)3-1-2-4-6(9)10/h3-13,18-19H,14-17,20H2,1-2H3,(H,32,37)(H,31,33,34);1-4H2,(H,7,8)(H,9,10). The number of nitrogens with one attached hydrogen (secondary N) is 2. The topological polar surface area (TPSA) is 161 Å². The molecule has 2 aromatic carbocycles. The molecule has 1 saturated heterocycles. The third-order valence-corrected chi connectivity index (χ3v) is 7.60. The van der Waals surface area contributed by atoms with E-state index in [1.807, 2.05) is 67.6 Å². The number of likely N-dealkylation sites (N-methyl/N-ethyl adjacent to an activating group) is 1. The SMILES string of the molecule is Cc1ccc(NC(=O)c2ccc(CN3CCN(C)CC3)cc2)cc1Nc1nccc(-c2cccnc2)n1.O=C(O)CCCCC(=O)O. The molecule has 1 amide bonds. The number of aromatic nitrogens is 3. The van der Waals surface area contributed by atoms with E-state index in [9.17, 15) is 14.4 Å². The van der Waals surface area contributed by atoms with Crippen LogP contribution in [-0.4, -0.2) is 86.0 Å². The summed E-state index contributed by atoms with van der Waals surface area (Å²) in [6.45, 7) is 7.24. The highest BCUT2D eigenvalue weighted by Crippen LogP contribution is 2.25. The molecule has 2 aromatic heterocycles. The molecule has 1 fully saturated rings. The van der Waals surface area contributed by atoms with Crippen molar-refractivity contribution < 1.29 is 24.6 Å². The van der Waals surface area contributed by atoms with Gasteiger partial charge in [-0.15, -0.1) is 0 Å². The van der Waals surface area contributed by atoms with Crippen LogP contribution in [0.1, 0.15) is 47.2 Å². The zero-order chi connectivity index (χ0) is 33.6. The molecule has 0 spiro atoms. The zero-order valence-corrected chi connectivity index (χ0v) is 26.7. The average Bonchev–Trinajstić information content (AvgIpc) is 3.07. The minimum absolute atomic E-state index is 0.0628. The highest BCUT2D eigenvalue weighted by atomic mass is 16.4. The molecular weight excluding hydrogens is 598 g/mol. The Kier molecular flexibility index (Phi) is 12.9. The number of hydrogen-bond acceptors (Lipinski definition) is 9. The number of aryl methyl sites for hydroxylation is 1. The predicted molar refractivity (Wildman–Crippen MR) is 181 cm³/mol. The first kappa shape index (κ1) is 34.7. The normalized spacial score (nSPS) is 13.2. The summed E-state index contributed by atoms with van der Waals surface area (Å²) < 4.78 is 0. The van der Waals surface area contributed by atoms with Crippen LogP contribution in [0.15, 0.2) is 79.3 Å². The Hall–Kier alpha value is -5.20. The number of carboxylic acids is 2. The molecule has 0 radical (unpaired) electrons. The molecule has 0 unspecified atom stereocenters. The minimum Gasteiger partial charge on any atom is -0.481 e. The van der Waals surface area contributed by atoms with Crippen LogP contribution >= 0.6 is 0 Å². The molecule has 246 valence electrons. The van der Waals surface area contributed by atoms with E-state index >= 15 is 0 Å². The van der Waals surface area contributed by atoms with Gasteiger partial charge in [-0.3, -0.25) is 24.3 Å². The van der Waals surface area contributed by atoms with Crippen molar-refractivity contribution in [1.82, 2.24) is 24.8 Å². The van der Waals surface area contributed by atoms with Crippen molar-refractivity contribution >= 4 is 35.2 Å². The molecule has 12 nitrogen and oxygen atoms in total. The predicted octanol–water partition coefficient (Wildman–Crippen LogP) is 5.31. The molecule has 5 rings (SSSR count). The summed E-state index contributed by atoms with van der Waals surface area (Å²) in [7, 11) is 2.16. The van der Waals surface area contributed by atoms with E-state index in [0.717, 1.165) is 55.2 Å². The van der Waals surface area contributed by atoms with Gasteiger partial charge in [0.2, 0.25) is 5.95 Å². The largest absolute Gasteiger partial charge is 0.481 e. The number of hydrogen-bond donors (Lipinski definition) is 4. The summed E-state index contributed by atoms with van der Waals surface area (Å²) in [5, 5.41) is 22.6. The number of carbonyl (C=O) groups excluding carboxylic acids is 1. The second kappa shape index (κ2) is 17.5. The van der Waals surface area contributed by atoms with Crippen LogP contribution in [0.25, 0.3) is 11.3 Å². The van der Waals surface area contributed by atoms with Crippen molar-refractivity contribution in [3.05, 3.63) is 95.9 Å². The Morgan fingerprint density at radius 2 is 1.57 bits per heavy atom. The molecule has 1 aliphatic heterocycles. The molecule has 0 atom stereocenters. The van der Waals surface area contributed by atoms with Crippen molar-refractivity contribution in [3.63, 3.8) is 0 Å². The summed E-state index contributed by atoms with van der Waals surface area (Å²) in [4.78, 5) is 50.7. The third kappa shape index (κ3) is 11.6. The van der Waals surface area contributed by atoms with Crippen LogP contribution in [-0.2, 0) is 16.1 Å². The van der Waals surface area contributed by atoms with Gasteiger partial charge in [0.1, 0.15) is 0 Å². The Bertz CT molecular complexity index is 1610. The van der Waals surface area contributed by atoms with Crippen LogP contribution < -0.4 is 10.6 Å². The van der Waals surface area contributed by atoms with E-state index in [2.05, 4.69) is 42.4 Å². The Balaban J connectivity index is 0.000000434. The maximum atomic E-state index is 12.9. The maximum absolute atomic E-state index is 12.9. The molecule has 0 bridgehead atoms. The fourth-order valence-electron chi connectivity index (χ4n) is 4.83. The number of nitrogens with zero attached hydrogens (tertiary/aromatic N) is 5. The van der Waals surface area contributed by atoms with Gasteiger partial charge in [0.15, 0.2) is 0 Å². The van der Waals surface area contributed by atoms with E-state index in [1.54, 1.807) is 18.6 Å². The minimum atomic E-state index is -0.870. The van der Waals surface area contributed by atoms with E-state index in [0.29, 0.717) is 30.0 Å². The van der Waals surface area contributed by atoms with Crippen LogP contribution in [0.4, 0.5) is 17.3 Å². The van der Waals surface area contributed by atoms with Crippen LogP contribution in [0.5, 0.6) is 0 Å². The van der Waals surface area contributed by atoms with Gasteiger partial charge in [-0.25, -0.2) is 9.97 Å². The third-order valence-electron chi connectivity index (χ3n) is 7.60. The zero-order valence-electron chi connectivity index (χ0n) is 26.7. The van der Waals surface area contributed by atoms with E-state index in [-0.39, 0.29) is 18.7 Å². The Morgan fingerprint density at radius 1 is 0.872 bits per heavy atom. The second-order valence-electron chi connectivity index (χ2n) is 11.4. The van der Waals surface area contributed by atoms with Gasteiger partial charge < -0.3 is 25.7 Å². The molecule has 4 aromatic rings. The molecular formula is C35H41N7O5. The quantitative estimate of drug-likeness (QED) is 0.149. The van der Waals surface area contributed by atoms with E-state index in [1.165, 1.54) is 5.56 Å². The lowest BCUT2D eigenvalue weighted by Gasteiger charge is -2.32. The van der Waals surface area contributed by atoms with Gasteiger partial charge in [-0.2, -0.15) is 0 Å². The maximum Gasteiger partial charge on any atom is 0.303 e. The number of carboxylic acid groups (broad SMARTS) is 2. The number of anilines is 3. The first-order valence-electron chi connectivity index (χ1n) is 15.5. The molecule has 1 aliphatic rings. The van der Waals surface area contributed by atoms with E-state index in [4.69, 9.17) is 10.2 Å². The van der Waals surface area contributed by atoms with Crippen molar-refractivity contribution in [3.8, 4) is 11.3 Å². The molecule has 0 aliphatic carbocycles. The van der Waals surface area contributed by atoms with Crippen molar-refractivity contribution in [2.75, 3.05) is 43.9 Å². The van der Waals surface area contributed by atoms with Crippen molar-refractivity contribution in [1.29, 1.82) is 0 Å². The number of aliphatic carboxylic acids is 2. The molecule has 3 heterocycles. The smallest absolute Gasteiger partial charge is 0.303 e. The monoisotopic (exact) mass is 639 g/mol. The van der Waals surface area contributed by atoms with Crippen LogP contribution in [0.3, 0.4) is 0 Å². The Morgan fingerprint density at radius 3 is 2.21 bits per heavy atom. The van der Waals surface area contributed by atoms with Gasteiger partial charge in [-0.05, 0) is 80.4 Å². The van der Waals surface area contributed by atoms with E-state index < -0.39 is 11.9 Å². The number of piperazine rings is 1. The number of pyridine rings is 1. The molecule has 12 heteroatoms. The fourth-order valence-corrected chi connectivity index (χ4v) is 4.83. The van der Waals surface area contributed by atoms with Gasteiger partial charge in [-0.1, -0.05) is 18.2 Å². The summed E-state index contributed by atoms with van der Waals surface area (Å²) >= 11 is 0. The van der Waals surface area contributed by atoms with Crippen molar-refractivity contribution in [2.24, 2.45) is 0 Å². The van der Waals surface area contributed by atoms with Crippen LogP contribution in [0, 0.1) is 6.92 Å². The first-order chi connectivity index (χ1) is 22.7. The van der Waals surface area contributed by atoms with Gasteiger partial charge in [0.05, 0.1) is 5.69 Å². The summed E-state index contributed by atoms with van der Waals surface area (Å²) in [6, 6.07) is 19.3. The first-order valence-corrected chi connectivity index (χ1v) is 15.5. The second-order valence-corrected chi connectivity index (χ2v) is 11.4. The highest BCUT2D eigenvalue weighted by molar-refractivity contribution is 6.04. The molecule has 47 heavy (non-hydrogen) atoms. The fraction of sp³-hybridized carbons (Fsp3) is 0.314. The molecule has 0 saturated carbocycles. The summed E-state index contributed by atoms with van der Waals surface area (Å²) in [5.41, 5.74) is 6.08. The summed E-state index contributed by atoms with van der Waals surface area (Å²) in [5.74, 6) is -1.41. The highest BCUT2D eigenvalue weighted by Gasteiger charge is 2.15. The van der Waals surface area contributed by atoms with Gasteiger partial charge in [0.25, 0.3) is 5.91 Å². The lowest BCUT2D eigenvalue weighted by atomic mass is 10.1. The lowest BCUT2D eigenvalue weighted by molar-refractivity contribution is -0.139. The Labute approximate surface area is 274 Å².